The number of unbranched alkanes of at least 4 members (excludes halogenated alkanes) is 2. The first-order valence-corrected chi connectivity index (χ1v) is 17.7. The lowest BCUT2D eigenvalue weighted by molar-refractivity contribution is -0.149. The fourth-order valence-corrected chi connectivity index (χ4v) is 7.11. The molecule has 3 rings (SSSR count). The van der Waals surface area contributed by atoms with Crippen molar-refractivity contribution in [3.8, 4) is 0 Å². The molecule has 49 heavy (non-hydrogen) atoms. The fraction of sp³-hybridized carbons (Fsp3) is 0.436. The Morgan fingerprint density at radius 3 is 1.63 bits per heavy atom. The smallest absolute Gasteiger partial charge is 0.410 e. The number of aliphatic carboxylic acids is 1. The quantitative estimate of drug-likeness (QED) is 0.121. The normalized spacial score (nSPS) is 12.1. The summed E-state index contributed by atoms with van der Waals surface area (Å²) < 4.78 is 4.95. The van der Waals surface area contributed by atoms with Crippen LogP contribution in [-0.4, -0.2) is 95.3 Å². The lowest BCUT2D eigenvalue weighted by Gasteiger charge is -2.35. The summed E-state index contributed by atoms with van der Waals surface area (Å²) in [5.41, 5.74) is 2.94. The van der Waals surface area contributed by atoms with Gasteiger partial charge in [0.05, 0.1) is 11.2 Å². The number of carbonyl (C=O) groups is 4. The van der Waals surface area contributed by atoms with Gasteiger partial charge in [-0.2, -0.15) is 0 Å². The third-order valence-electron chi connectivity index (χ3n) is 8.26. The van der Waals surface area contributed by atoms with E-state index in [4.69, 9.17) is 4.74 Å². The van der Waals surface area contributed by atoms with Crippen molar-refractivity contribution in [2.75, 3.05) is 40.0 Å². The highest BCUT2D eigenvalue weighted by molar-refractivity contribution is 8.00. The zero-order chi connectivity index (χ0) is 36.0. The predicted molar refractivity (Wildman–Crippen MR) is 195 cm³/mol. The van der Waals surface area contributed by atoms with E-state index < -0.39 is 40.8 Å². The van der Waals surface area contributed by atoms with E-state index in [-0.39, 0.29) is 25.4 Å². The van der Waals surface area contributed by atoms with Crippen molar-refractivity contribution in [3.05, 3.63) is 108 Å². The van der Waals surface area contributed by atoms with Crippen LogP contribution >= 0.6 is 11.8 Å². The number of benzene rings is 3. The Labute approximate surface area is 295 Å². The molecule has 264 valence electrons. The van der Waals surface area contributed by atoms with Gasteiger partial charge < -0.3 is 24.5 Å². The number of carboxylic acids is 1. The van der Waals surface area contributed by atoms with Crippen LogP contribution in [0.4, 0.5) is 4.79 Å². The molecule has 0 aliphatic heterocycles. The number of carboxylic acid groups (broad SMARTS) is 1. The van der Waals surface area contributed by atoms with Crippen molar-refractivity contribution >= 4 is 35.6 Å². The molecule has 0 fully saturated rings. The van der Waals surface area contributed by atoms with E-state index in [2.05, 4.69) is 72.8 Å². The predicted octanol–water partition coefficient (Wildman–Crippen LogP) is 6.90. The first kappa shape index (κ1) is 39.1. The van der Waals surface area contributed by atoms with Crippen molar-refractivity contribution in [2.45, 2.75) is 69.3 Å². The van der Waals surface area contributed by atoms with E-state index in [0.717, 1.165) is 18.6 Å². The van der Waals surface area contributed by atoms with Crippen LogP contribution in [0.25, 0.3) is 0 Å². The zero-order valence-electron chi connectivity index (χ0n) is 29.6. The standard InChI is InChI=1S/C39H51N3O6S/c1-38(2,3)48-37(47)41(5)27-26-40(4)36(46)33(29-35(44)45)42(6)34(43)25-17-10-18-28-49-39(30-19-11-7-12-20-30,31-21-13-8-14-22-31)32-23-15-9-16-24-32/h7-9,11-16,19-24,33H,10,17-18,25-29H2,1-6H3,(H,44,45)/t33-/m0/s1. The van der Waals surface area contributed by atoms with Crippen LogP contribution in [0.3, 0.4) is 0 Å². The first-order valence-electron chi connectivity index (χ1n) is 16.7. The number of hydrogen-bond donors (Lipinski definition) is 1. The molecule has 0 spiro atoms. The molecule has 0 radical (unpaired) electrons. The van der Waals surface area contributed by atoms with E-state index in [1.54, 1.807) is 27.8 Å². The molecule has 10 heteroatoms. The highest BCUT2D eigenvalue weighted by Gasteiger charge is 2.37. The maximum Gasteiger partial charge on any atom is 0.410 e. The second kappa shape index (κ2) is 18.5. The van der Waals surface area contributed by atoms with Gasteiger partial charge in [-0.1, -0.05) is 97.4 Å². The second-order valence-electron chi connectivity index (χ2n) is 13.2. The maximum atomic E-state index is 13.3. The molecule has 3 aromatic rings. The fourth-order valence-electron chi connectivity index (χ4n) is 5.55. The van der Waals surface area contributed by atoms with E-state index >= 15 is 0 Å². The average Bonchev–Trinajstić information content (AvgIpc) is 3.08. The summed E-state index contributed by atoms with van der Waals surface area (Å²) in [5.74, 6) is -1.09. The molecular formula is C39H51N3O6S. The van der Waals surface area contributed by atoms with Gasteiger partial charge >= 0.3 is 12.1 Å². The lowest BCUT2D eigenvalue weighted by Crippen LogP contribution is -2.50. The average molecular weight is 690 g/mol. The monoisotopic (exact) mass is 689 g/mol. The molecule has 0 saturated heterocycles. The topological polar surface area (TPSA) is 107 Å². The SMILES string of the molecule is CN(CCN(C)C(=O)[C@H](CC(=O)O)N(C)C(=O)CCCCCSC(c1ccccc1)(c1ccccc1)c1ccccc1)C(=O)OC(C)(C)C. The molecule has 0 aliphatic rings. The van der Waals surface area contributed by atoms with Gasteiger partial charge in [-0.15, -0.1) is 11.8 Å². The first-order chi connectivity index (χ1) is 23.3. The van der Waals surface area contributed by atoms with E-state index in [0.29, 0.717) is 6.42 Å². The maximum absolute atomic E-state index is 13.3. The largest absolute Gasteiger partial charge is 0.481 e. The number of rotatable bonds is 17. The molecule has 0 bridgehead atoms. The highest BCUT2D eigenvalue weighted by Crippen LogP contribution is 2.48. The number of thioether (sulfide) groups is 1. The number of ether oxygens (including phenoxy) is 1. The molecule has 0 aliphatic carbocycles. The molecular weight excluding hydrogens is 639 g/mol. The van der Waals surface area contributed by atoms with Gasteiger partial charge in [0.25, 0.3) is 0 Å². The molecule has 1 N–H and O–H groups in total. The van der Waals surface area contributed by atoms with Crippen molar-refractivity contribution in [1.82, 2.24) is 14.7 Å². The number of nitrogens with zero attached hydrogens (tertiary/aromatic N) is 3. The van der Waals surface area contributed by atoms with Crippen LogP contribution in [0, 0.1) is 0 Å². The zero-order valence-corrected chi connectivity index (χ0v) is 30.4. The molecule has 3 aromatic carbocycles. The summed E-state index contributed by atoms with van der Waals surface area (Å²) in [6.45, 7) is 5.65. The Morgan fingerprint density at radius 2 is 1.18 bits per heavy atom. The van der Waals surface area contributed by atoms with Gasteiger partial charge in [0.1, 0.15) is 11.6 Å². The van der Waals surface area contributed by atoms with Crippen molar-refractivity contribution < 1.29 is 29.0 Å². The molecule has 3 amide bonds. The Hall–Kier alpha value is -4.31. The van der Waals surface area contributed by atoms with Gasteiger partial charge in [-0.3, -0.25) is 14.4 Å². The Kier molecular flexibility index (Phi) is 14.7. The molecule has 9 nitrogen and oxygen atoms in total. The van der Waals surface area contributed by atoms with Crippen LogP contribution in [-0.2, 0) is 23.9 Å². The number of likely N-dealkylation sites (N-methyl/N-ethyl adjacent to an activating group) is 3. The van der Waals surface area contributed by atoms with E-state index in [1.165, 1.54) is 45.5 Å². The number of carbonyl (C=O) groups excluding carboxylic acids is 3. The molecule has 0 aromatic heterocycles. The van der Waals surface area contributed by atoms with Crippen LogP contribution in [0.2, 0.25) is 0 Å². The summed E-state index contributed by atoms with van der Waals surface area (Å²) >= 11 is 1.88. The van der Waals surface area contributed by atoms with E-state index in [1.807, 2.05) is 30.0 Å². The molecule has 0 saturated carbocycles. The minimum atomic E-state index is -1.17. The van der Waals surface area contributed by atoms with Gasteiger partial charge in [0, 0.05) is 40.7 Å². The van der Waals surface area contributed by atoms with Crippen molar-refractivity contribution in [3.63, 3.8) is 0 Å². The molecule has 0 unspecified atom stereocenters. The van der Waals surface area contributed by atoms with Crippen LogP contribution in [0.15, 0.2) is 91.0 Å². The summed E-state index contributed by atoms with van der Waals surface area (Å²) in [7, 11) is 4.59. The number of amides is 3. The third-order valence-corrected chi connectivity index (χ3v) is 9.89. The molecule has 0 heterocycles. The van der Waals surface area contributed by atoms with Crippen molar-refractivity contribution in [2.24, 2.45) is 0 Å². The van der Waals surface area contributed by atoms with Gasteiger partial charge in [0.2, 0.25) is 11.8 Å². The Bertz CT molecular complexity index is 1400. The number of hydrogen-bond acceptors (Lipinski definition) is 6. The summed E-state index contributed by atoms with van der Waals surface area (Å²) in [6.07, 6.45) is 1.47. The Balaban J connectivity index is 1.60. The van der Waals surface area contributed by atoms with Crippen molar-refractivity contribution in [1.29, 1.82) is 0 Å². The van der Waals surface area contributed by atoms with E-state index in [9.17, 15) is 24.3 Å². The summed E-state index contributed by atoms with van der Waals surface area (Å²) in [6, 6.07) is 30.4. The highest BCUT2D eigenvalue weighted by atomic mass is 32.2. The minimum Gasteiger partial charge on any atom is -0.481 e. The summed E-state index contributed by atoms with van der Waals surface area (Å²) in [5, 5.41) is 9.55. The third kappa shape index (κ3) is 11.4. The summed E-state index contributed by atoms with van der Waals surface area (Å²) in [4.78, 5) is 54.5. The Morgan fingerprint density at radius 1 is 0.714 bits per heavy atom. The van der Waals surface area contributed by atoms with Crippen LogP contribution in [0.1, 0.15) is 69.6 Å². The van der Waals surface area contributed by atoms with Crippen LogP contribution < -0.4 is 0 Å². The minimum absolute atomic E-state index is 0.154. The lowest BCUT2D eigenvalue weighted by atomic mass is 9.84. The van der Waals surface area contributed by atoms with Crippen LogP contribution in [0.5, 0.6) is 0 Å². The van der Waals surface area contributed by atoms with Gasteiger partial charge in [0.15, 0.2) is 0 Å². The van der Waals surface area contributed by atoms with Gasteiger partial charge in [-0.05, 0) is 56.1 Å². The van der Waals surface area contributed by atoms with Gasteiger partial charge in [-0.25, -0.2) is 4.79 Å². The molecule has 1 atom stereocenters. The second-order valence-corrected chi connectivity index (χ2v) is 14.5.